The SMILES string of the molecule is CC1=CC(=c2ccccc2=CCCCOc2ccccc2-c2cc(C)cc(C3c4ccccc4-c4ccccc43)c2O)C(=[OH+])C(C2c3ccccc3-c3ccccc32)=C1. The van der Waals surface area contributed by atoms with Crippen LogP contribution in [-0.4, -0.2) is 22.3 Å². The first kappa shape index (κ1) is 36.4. The fourth-order valence-electron chi connectivity index (χ4n) is 9.70. The highest BCUT2D eigenvalue weighted by atomic mass is 16.5. The van der Waals surface area contributed by atoms with E-state index in [1.165, 1.54) is 44.5 Å². The largest absolute Gasteiger partial charge is 0.507 e. The van der Waals surface area contributed by atoms with Gasteiger partial charge in [-0.15, -0.1) is 0 Å². The van der Waals surface area contributed by atoms with Gasteiger partial charge in [-0.1, -0.05) is 152 Å². The van der Waals surface area contributed by atoms with Gasteiger partial charge < -0.3 is 9.84 Å². The number of fused-ring (bicyclic) bond motifs is 6. The maximum atomic E-state index is 12.1. The molecule has 3 aliphatic carbocycles. The Bertz CT molecular complexity index is 2930. The molecule has 0 saturated carbocycles. The van der Waals surface area contributed by atoms with E-state index in [2.05, 4.69) is 159 Å². The molecule has 0 heterocycles. The number of unbranched alkanes of at least 4 members (excludes halogenated alkanes) is 1. The van der Waals surface area contributed by atoms with Crippen molar-refractivity contribution in [2.75, 3.05) is 6.61 Å². The predicted octanol–water partition coefficient (Wildman–Crippen LogP) is 11.6. The quantitative estimate of drug-likeness (QED) is 0.124. The number of ether oxygens (including phenoxy) is 1. The summed E-state index contributed by atoms with van der Waals surface area (Å²) in [5.74, 6) is 1.27. The second-order valence-corrected chi connectivity index (χ2v) is 16.0. The number of benzene rings is 7. The van der Waals surface area contributed by atoms with Gasteiger partial charge >= 0.3 is 5.78 Å². The number of hydrogen-bond donors (Lipinski definition) is 1. The van der Waals surface area contributed by atoms with Crippen LogP contribution in [0.2, 0.25) is 0 Å². The number of aryl methyl sites for hydroxylation is 1. The summed E-state index contributed by atoms with van der Waals surface area (Å²) >= 11 is 0. The van der Waals surface area contributed by atoms with Crippen LogP contribution in [0, 0.1) is 6.92 Å². The molecule has 0 aliphatic heterocycles. The van der Waals surface area contributed by atoms with Gasteiger partial charge in [-0.25, -0.2) is 0 Å². The van der Waals surface area contributed by atoms with E-state index in [9.17, 15) is 9.90 Å². The summed E-state index contributed by atoms with van der Waals surface area (Å²) in [4.78, 5) is 12.1. The number of carbonyl (C=O) groups excluding carboxylic acids is 1. The lowest BCUT2D eigenvalue weighted by Gasteiger charge is -2.20. The summed E-state index contributed by atoms with van der Waals surface area (Å²) in [5.41, 5.74) is 16.3. The third-order valence-corrected chi connectivity index (χ3v) is 12.3. The smallest absolute Gasteiger partial charge is 0.351 e. The molecule has 59 heavy (non-hydrogen) atoms. The maximum absolute atomic E-state index is 12.1. The number of hydrogen-bond acceptors (Lipinski definition) is 2. The van der Waals surface area contributed by atoms with Gasteiger partial charge in [0.1, 0.15) is 11.5 Å². The van der Waals surface area contributed by atoms with Gasteiger partial charge in [0.2, 0.25) is 0 Å². The maximum Gasteiger partial charge on any atom is 0.351 e. The topological polar surface area (TPSA) is 50.9 Å². The van der Waals surface area contributed by atoms with Gasteiger partial charge in [-0.3, -0.25) is 4.79 Å². The van der Waals surface area contributed by atoms with E-state index in [4.69, 9.17) is 4.74 Å². The molecule has 286 valence electrons. The van der Waals surface area contributed by atoms with Gasteiger partial charge in [0.15, 0.2) is 0 Å². The third kappa shape index (κ3) is 6.35. The minimum atomic E-state index is -0.0583. The summed E-state index contributed by atoms with van der Waals surface area (Å²) in [6, 6.07) is 54.8. The van der Waals surface area contributed by atoms with Crippen LogP contribution < -0.4 is 15.2 Å². The van der Waals surface area contributed by atoms with Crippen molar-refractivity contribution in [3.63, 3.8) is 0 Å². The standard InChI is InChI=1S/C56H44O3/c1-35-31-48(55(57)50(33-35)53-44-25-9-5-20-39(44)40-21-6-10-26-45(40)53)38-19-4-3-17-37(38)18-15-16-30-59-52-29-14-13-24-43(52)49-32-36(2)34-51(56(49)58)54-46-27-11-7-22-41(46)42-23-8-12-28-47(42)54/h3-14,17-29,31-34,53-54,58H,15-16,30H2,1-2H3/p+1. The lowest BCUT2D eigenvalue weighted by Crippen LogP contribution is -2.31. The average Bonchev–Trinajstić information content (AvgIpc) is 3.78. The van der Waals surface area contributed by atoms with Crippen molar-refractivity contribution in [1.29, 1.82) is 0 Å². The normalized spacial score (nSPS) is 15.6. The molecule has 7 aromatic carbocycles. The Labute approximate surface area is 345 Å². The van der Waals surface area contributed by atoms with E-state index < -0.39 is 0 Å². The molecule has 2 N–H and O–H groups in total. The van der Waals surface area contributed by atoms with Crippen molar-refractivity contribution >= 4 is 17.4 Å². The number of phenolic OH excluding ortho intramolecular Hbond substituents is 1. The number of rotatable bonds is 8. The van der Waals surface area contributed by atoms with Gasteiger partial charge in [-0.05, 0) is 117 Å². The molecular weight excluding hydrogens is 721 g/mol. The second-order valence-electron chi connectivity index (χ2n) is 16.0. The van der Waals surface area contributed by atoms with Crippen LogP contribution >= 0.6 is 0 Å². The van der Waals surface area contributed by atoms with Gasteiger partial charge in [-0.2, -0.15) is 0 Å². The number of phenols is 1. The Morgan fingerprint density at radius 3 is 1.71 bits per heavy atom. The van der Waals surface area contributed by atoms with Gasteiger partial charge in [0.25, 0.3) is 0 Å². The average molecular weight is 766 g/mol. The molecule has 3 heteroatoms. The molecule has 3 nitrogen and oxygen atoms in total. The van der Waals surface area contributed by atoms with E-state index in [0.717, 1.165) is 68.0 Å². The van der Waals surface area contributed by atoms with Crippen LogP contribution in [0.5, 0.6) is 11.5 Å². The van der Waals surface area contributed by atoms with Crippen LogP contribution in [0.4, 0.5) is 0 Å². The van der Waals surface area contributed by atoms with Crippen molar-refractivity contribution in [3.05, 3.63) is 225 Å². The number of ketones is 1. The number of para-hydroxylation sites is 1. The molecule has 0 radical (unpaired) electrons. The number of allylic oxidation sites excluding steroid dienone is 4. The molecule has 0 bridgehead atoms. The molecule has 3 aliphatic rings. The lowest BCUT2D eigenvalue weighted by molar-refractivity contribution is 0.314. The molecular formula is C56H45O3+. The van der Waals surface area contributed by atoms with E-state index >= 15 is 0 Å². The Balaban J connectivity index is 0.908. The number of aromatic hydroxyl groups is 1. The molecule has 7 aromatic rings. The first-order valence-electron chi connectivity index (χ1n) is 20.6. The highest BCUT2D eigenvalue weighted by Gasteiger charge is 2.38. The van der Waals surface area contributed by atoms with E-state index in [1.807, 2.05) is 30.3 Å². The zero-order valence-corrected chi connectivity index (χ0v) is 33.3. The second kappa shape index (κ2) is 15.1. The van der Waals surface area contributed by atoms with Crippen LogP contribution in [0.25, 0.3) is 45.0 Å². The van der Waals surface area contributed by atoms with Crippen LogP contribution in [0.3, 0.4) is 0 Å². The van der Waals surface area contributed by atoms with Crippen molar-refractivity contribution in [1.82, 2.24) is 0 Å². The lowest BCUT2D eigenvalue weighted by atomic mass is 9.80. The first-order valence-corrected chi connectivity index (χ1v) is 20.6. The summed E-state index contributed by atoms with van der Waals surface area (Å²) in [6.07, 6.45) is 8.09. The van der Waals surface area contributed by atoms with Crippen LogP contribution in [0.1, 0.15) is 65.0 Å². The molecule has 0 atom stereocenters. The third-order valence-electron chi connectivity index (χ3n) is 12.3. The summed E-state index contributed by atoms with van der Waals surface area (Å²) in [6.45, 7) is 4.73. The zero-order chi connectivity index (χ0) is 40.0. The monoisotopic (exact) mass is 765 g/mol. The molecule has 0 spiro atoms. The molecule has 10 rings (SSSR count). The van der Waals surface area contributed by atoms with Crippen LogP contribution in [-0.2, 0) is 0 Å². The van der Waals surface area contributed by atoms with E-state index in [-0.39, 0.29) is 17.6 Å². The van der Waals surface area contributed by atoms with Crippen LogP contribution in [0.15, 0.2) is 181 Å². The highest BCUT2D eigenvalue weighted by molar-refractivity contribution is 6.30. The van der Waals surface area contributed by atoms with Crippen molar-refractivity contribution < 1.29 is 14.6 Å². The van der Waals surface area contributed by atoms with Gasteiger partial charge in [0.05, 0.1) is 17.8 Å². The molecule has 0 unspecified atom stereocenters. The fourth-order valence-corrected chi connectivity index (χ4v) is 9.70. The van der Waals surface area contributed by atoms with E-state index in [0.29, 0.717) is 12.4 Å². The van der Waals surface area contributed by atoms with E-state index in [1.54, 1.807) is 0 Å². The fraction of sp³-hybridized carbons (Fsp3) is 0.125. The first-order chi connectivity index (χ1) is 29.0. The summed E-state index contributed by atoms with van der Waals surface area (Å²) in [5, 5.41) is 14.2. The zero-order valence-electron chi connectivity index (χ0n) is 33.3. The van der Waals surface area contributed by atoms with Crippen molar-refractivity contribution in [2.45, 2.75) is 38.5 Å². The Morgan fingerprint density at radius 2 is 1.08 bits per heavy atom. The molecule has 0 fully saturated rings. The summed E-state index contributed by atoms with van der Waals surface area (Å²) in [7, 11) is 0. The Hall–Kier alpha value is -6.97. The predicted molar refractivity (Wildman–Crippen MR) is 242 cm³/mol. The van der Waals surface area contributed by atoms with Crippen molar-refractivity contribution in [3.8, 4) is 44.9 Å². The molecule has 0 amide bonds. The molecule has 0 saturated heterocycles. The Morgan fingerprint density at radius 1 is 0.559 bits per heavy atom. The summed E-state index contributed by atoms with van der Waals surface area (Å²) < 4.78 is 6.51. The Kier molecular flexibility index (Phi) is 9.30. The minimum absolute atomic E-state index is 0.0401. The molecule has 0 aromatic heterocycles. The minimum Gasteiger partial charge on any atom is -0.507 e. The van der Waals surface area contributed by atoms with Crippen molar-refractivity contribution in [2.24, 2.45) is 0 Å². The highest BCUT2D eigenvalue weighted by Crippen LogP contribution is 2.52. The van der Waals surface area contributed by atoms with Gasteiger partial charge in [0, 0.05) is 28.5 Å².